The topological polar surface area (TPSA) is 106 Å². The fourth-order valence-electron chi connectivity index (χ4n) is 5.34. The van der Waals surface area contributed by atoms with Gasteiger partial charge in [-0.25, -0.2) is 19.4 Å². The highest BCUT2D eigenvalue weighted by atomic mass is 32.1. The Morgan fingerprint density at radius 2 is 1.84 bits per heavy atom. The highest BCUT2D eigenvalue weighted by Gasteiger charge is 2.29. The molecule has 4 aromatic heterocycles. The summed E-state index contributed by atoms with van der Waals surface area (Å²) in [5.74, 6) is 0.638. The number of carbonyl (C=O) groups excluding carboxylic acids is 1. The van der Waals surface area contributed by atoms with Crippen LogP contribution in [0, 0.1) is 5.41 Å². The van der Waals surface area contributed by atoms with Gasteiger partial charge in [-0.2, -0.15) is 5.10 Å². The van der Waals surface area contributed by atoms with Gasteiger partial charge in [-0.3, -0.25) is 0 Å². The SMILES string of the molecule is CNCc1cnc2sc(-c3cnc4c(cnn4Cc4ccc(OC)cc4)c3)cc2c1NC1CCN(OC(=O)C(C)(C)C)CC1. The molecule has 0 spiro atoms. The molecule has 5 aromatic rings. The minimum atomic E-state index is -0.520. The zero-order valence-electron chi connectivity index (χ0n) is 25.9. The third-order valence-corrected chi connectivity index (χ3v) is 8.98. The quantitative estimate of drug-likeness (QED) is 0.211. The first kappa shape index (κ1) is 30.0. The Kier molecular flexibility index (Phi) is 8.53. The lowest BCUT2D eigenvalue weighted by Crippen LogP contribution is -2.42. The van der Waals surface area contributed by atoms with E-state index in [0.717, 1.165) is 67.1 Å². The molecular formula is C33H39N7O3S. The Balaban J connectivity index is 1.22. The third kappa shape index (κ3) is 6.40. The number of ether oxygens (including phenoxy) is 1. The molecule has 44 heavy (non-hydrogen) atoms. The number of nitrogens with one attached hydrogen (secondary N) is 2. The van der Waals surface area contributed by atoms with E-state index in [0.29, 0.717) is 26.2 Å². The van der Waals surface area contributed by atoms with Crippen molar-refractivity contribution in [1.82, 2.24) is 30.1 Å². The Morgan fingerprint density at radius 1 is 1.07 bits per heavy atom. The molecule has 1 fully saturated rings. The van der Waals surface area contributed by atoms with Crippen LogP contribution >= 0.6 is 11.3 Å². The average Bonchev–Trinajstić information content (AvgIpc) is 3.63. The molecule has 0 bridgehead atoms. The second-order valence-electron chi connectivity index (χ2n) is 12.3. The molecule has 1 aliphatic rings. The molecule has 2 N–H and O–H groups in total. The molecule has 0 saturated carbocycles. The van der Waals surface area contributed by atoms with Crippen LogP contribution < -0.4 is 15.4 Å². The molecule has 0 radical (unpaired) electrons. The lowest BCUT2D eigenvalue weighted by atomic mass is 9.98. The van der Waals surface area contributed by atoms with Crippen LogP contribution in [0.5, 0.6) is 5.75 Å². The summed E-state index contributed by atoms with van der Waals surface area (Å²) in [5.41, 5.74) is 4.74. The molecule has 1 aliphatic heterocycles. The first-order valence-electron chi connectivity index (χ1n) is 15.0. The number of benzene rings is 1. The molecule has 0 aliphatic carbocycles. The number of pyridine rings is 2. The molecule has 0 atom stereocenters. The van der Waals surface area contributed by atoms with E-state index in [2.05, 4.69) is 27.9 Å². The van der Waals surface area contributed by atoms with Gasteiger partial charge in [0.15, 0.2) is 5.65 Å². The van der Waals surface area contributed by atoms with Crippen molar-refractivity contribution in [1.29, 1.82) is 0 Å². The van der Waals surface area contributed by atoms with E-state index < -0.39 is 5.41 Å². The zero-order valence-corrected chi connectivity index (χ0v) is 26.7. The fraction of sp³-hybridized carbons (Fsp3) is 0.394. The molecule has 10 nitrogen and oxygen atoms in total. The first-order chi connectivity index (χ1) is 21.2. The number of hydroxylamine groups is 2. The van der Waals surface area contributed by atoms with Crippen LogP contribution in [-0.4, -0.2) is 64.1 Å². The van der Waals surface area contributed by atoms with E-state index in [9.17, 15) is 4.79 Å². The first-order valence-corrected chi connectivity index (χ1v) is 15.8. The highest BCUT2D eigenvalue weighted by molar-refractivity contribution is 7.22. The number of anilines is 1. The van der Waals surface area contributed by atoms with E-state index >= 15 is 0 Å². The molecule has 1 saturated heterocycles. The van der Waals surface area contributed by atoms with Crippen molar-refractivity contribution in [2.75, 3.05) is 32.6 Å². The van der Waals surface area contributed by atoms with Crippen molar-refractivity contribution in [2.24, 2.45) is 5.41 Å². The lowest BCUT2D eigenvalue weighted by molar-refractivity contribution is -0.204. The standard InChI is InChI=1S/C33H39N7O3S/c1-33(2,3)32(41)43-39-12-10-25(11-13-39)38-29-24(16-34-4)18-36-31-27(29)15-28(44-31)22-14-23-19-37-40(30(23)35-17-22)20-21-6-8-26(42-5)9-7-21/h6-9,14-15,17-19,25,34H,10-13,16,20H2,1-5H3,(H,36,38). The van der Waals surface area contributed by atoms with Crippen LogP contribution in [-0.2, 0) is 22.7 Å². The van der Waals surface area contributed by atoms with Gasteiger partial charge in [0, 0.05) is 64.8 Å². The van der Waals surface area contributed by atoms with Gasteiger partial charge in [0.1, 0.15) is 10.6 Å². The number of thiophene rings is 1. The second kappa shape index (κ2) is 12.5. The van der Waals surface area contributed by atoms with Crippen LogP contribution in [0.15, 0.2) is 55.0 Å². The van der Waals surface area contributed by atoms with Crippen LogP contribution in [0.25, 0.3) is 31.7 Å². The summed E-state index contributed by atoms with van der Waals surface area (Å²) in [6, 6.07) is 12.6. The summed E-state index contributed by atoms with van der Waals surface area (Å²) < 4.78 is 7.20. The van der Waals surface area contributed by atoms with Crippen LogP contribution in [0.1, 0.15) is 44.7 Å². The lowest BCUT2D eigenvalue weighted by Gasteiger charge is -2.33. The minimum absolute atomic E-state index is 0.195. The Labute approximate surface area is 261 Å². The summed E-state index contributed by atoms with van der Waals surface area (Å²) >= 11 is 1.67. The van der Waals surface area contributed by atoms with Crippen molar-refractivity contribution in [2.45, 2.75) is 52.7 Å². The maximum atomic E-state index is 12.4. The van der Waals surface area contributed by atoms with E-state index in [1.165, 1.54) is 0 Å². The fourth-order valence-corrected chi connectivity index (χ4v) is 6.33. The summed E-state index contributed by atoms with van der Waals surface area (Å²) in [6.45, 7) is 8.36. The van der Waals surface area contributed by atoms with E-state index in [4.69, 9.17) is 19.5 Å². The van der Waals surface area contributed by atoms with Gasteiger partial charge in [-0.05, 0) is 70.5 Å². The summed E-state index contributed by atoms with van der Waals surface area (Å²) in [7, 11) is 3.62. The Bertz CT molecular complexity index is 1770. The predicted octanol–water partition coefficient (Wildman–Crippen LogP) is 5.86. The van der Waals surface area contributed by atoms with Crippen molar-refractivity contribution >= 4 is 44.2 Å². The van der Waals surface area contributed by atoms with Gasteiger partial charge in [-0.15, -0.1) is 16.4 Å². The number of carbonyl (C=O) groups is 1. The third-order valence-electron chi connectivity index (χ3n) is 7.89. The maximum absolute atomic E-state index is 12.4. The molecular weight excluding hydrogens is 574 g/mol. The number of rotatable bonds is 9. The summed E-state index contributed by atoms with van der Waals surface area (Å²) in [5, 5.41) is 15.6. The highest BCUT2D eigenvalue weighted by Crippen LogP contribution is 2.38. The smallest absolute Gasteiger partial charge is 0.330 e. The zero-order chi connectivity index (χ0) is 30.8. The molecule has 230 valence electrons. The summed E-state index contributed by atoms with van der Waals surface area (Å²) in [6.07, 6.45) is 7.52. The number of hydrogen-bond acceptors (Lipinski definition) is 10. The largest absolute Gasteiger partial charge is 0.497 e. The van der Waals surface area contributed by atoms with Gasteiger partial charge in [-0.1, -0.05) is 12.1 Å². The Hall–Kier alpha value is -4.06. The van der Waals surface area contributed by atoms with Crippen LogP contribution in [0.4, 0.5) is 5.69 Å². The number of aromatic nitrogens is 4. The summed E-state index contributed by atoms with van der Waals surface area (Å²) in [4.78, 5) is 29.7. The van der Waals surface area contributed by atoms with Gasteiger partial charge >= 0.3 is 5.97 Å². The number of nitrogens with zero attached hydrogens (tertiary/aromatic N) is 5. The second-order valence-corrected chi connectivity index (χ2v) is 13.3. The van der Waals surface area contributed by atoms with Crippen LogP contribution in [0.3, 0.4) is 0 Å². The van der Waals surface area contributed by atoms with Gasteiger partial charge in [0.25, 0.3) is 0 Å². The predicted molar refractivity (Wildman–Crippen MR) is 175 cm³/mol. The van der Waals surface area contributed by atoms with Crippen molar-refractivity contribution in [3.05, 3.63) is 66.1 Å². The molecule has 1 aromatic carbocycles. The monoisotopic (exact) mass is 613 g/mol. The molecule has 0 unspecified atom stereocenters. The minimum Gasteiger partial charge on any atom is -0.497 e. The molecule has 0 amide bonds. The van der Waals surface area contributed by atoms with Gasteiger partial charge < -0.3 is 20.2 Å². The molecule has 5 heterocycles. The number of hydrogen-bond donors (Lipinski definition) is 2. The van der Waals surface area contributed by atoms with Crippen molar-refractivity contribution < 1.29 is 14.4 Å². The number of fused-ring (bicyclic) bond motifs is 2. The number of methoxy groups -OCH3 is 1. The average molecular weight is 614 g/mol. The van der Waals surface area contributed by atoms with E-state index in [-0.39, 0.29) is 12.0 Å². The molecule has 11 heteroatoms. The van der Waals surface area contributed by atoms with Crippen LogP contribution in [0.2, 0.25) is 0 Å². The van der Waals surface area contributed by atoms with Gasteiger partial charge in [0.2, 0.25) is 0 Å². The van der Waals surface area contributed by atoms with Crippen molar-refractivity contribution in [3.63, 3.8) is 0 Å². The number of piperidine rings is 1. The maximum Gasteiger partial charge on any atom is 0.330 e. The molecule has 6 rings (SSSR count). The van der Waals surface area contributed by atoms with Gasteiger partial charge in [0.05, 0.1) is 31.0 Å². The Morgan fingerprint density at radius 3 is 2.55 bits per heavy atom. The van der Waals surface area contributed by atoms with Crippen molar-refractivity contribution in [3.8, 4) is 16.2 Å². The van der Waals surface area contributed by atoms with E-state index in [1.807, 2.05) is 75.4 Å². The normalized spacial score (nSPS) is 14.8. The van der Waals surface area contributed by atoms with E-state index in [1.54, 1.807) is 23.5 Å².